The Morgan fingerprint density at radius 3 is 2.65 bits per heavy atom. The first-order valence-electron chi connectivity index (χ1n) is 5.85. The second kappa shape index (κ2) is 3.59. The molecular weight excluding hydrogens is 212 g/mol. The summed E-state index contributed by atoms with van der Waals surface area (Å²) in [6.07, 6.45) is 2.46. The first-order valence-corrected chi connectivity index (χ1v) is 5.85. The lowest BCUT2D eigenvalue weighted by Gasteiger charge is -2.10. The van der Waals surface area contributed by atoms with Gasteiger partial charge in [0.15, 0.2) is 5.76 Å². The molecular formula is C15H14O2. The zero-order valence-corrected chi connectivity index (χ0v) is 9.72. The van der Waals surface area contributed by atoms with E-state index in [0.29, 0.717) is 5.76 Å². The van der Waals surface area contributed by atoms with Crippen LogP contribution in [0.25, 0.3) is 0 Å². The van der Waals surface area contributed by atoms with E-state index in [1.54, 1.807) is 18.4 Å². The highest BCUT2D eigenvalue weighted by Gasteiger charge is 2.55. The third kappa shape index (κ3) is 1.60. The van der Waals surface area contributed by atoms with Crippen molar-refractivity contribution >= 4 is 5.78 Å². The Morgan fingerprint density at radius 2 is 2.00 bits per heavy atom. The number of hydrogen-bond acceptors (Lipinski definition) is 2. The van der Waals surface area contributed by atoms with Gasteiger partial charge in [-0.15, -0.1) is 0 Å². The summed E-state index contributed by atoms with van der Waals surface area (Å²) in [5, 5.41) is 0. The van der Waals surface area contributed by atoms with Crippen molar-refractivity contribution in [3.05, 3.63) is 60.1 Å². The highest BCUT2D eigenvalue weighted by atomic mass is 16.3. The number of benzene rings is 1. The van der Waals surface area contributed by atoms with Gasteiger partial charge in [-0.1, -0.05) is 37.3 Å². The summed E-state index contributed by atoms with van der Waals surface area (Å²) in [4.78, 5) is 12.2. The monoisotopic (exact) mass is 226 g/mol. The second-order valence-corrected chi connectivity index (χ2v) is 4.88. The molecule has 17 heavy (non-hydrogen) atoms. The van der Waals surface area contributed by atoms with Gasteiger partial charge in [-0.05, 0) is 24.1 Å². The molecule has 0 amide bonds. The Hall–Kier alpha value is -1.83. The van der Waals surface area contributed by atoms with Crippen molar-refractivity contribution in [2.24, 2.45) is 5.92 Å². The Morgan fingerprint density at radius 1 is 1.24 bits per heavy atom. The maximum Gasteiger partial charge on any atom is 0.201 e. The summed E-state index contributed by atoms with van der Waals surface area (Å²) in [5.74, 6) is 0.673. The molecule has 0 unspecified atom stereocenters. The molecule has 0 spiro atoms. The lowest BCUT2D eigenvalue weighted by Crippen LogP contribution is -2.11. The van der Waals surface area contributed by atoms with Gasteiger partial charge in [0.1, 0.15) is 0 Å². The van der Waals surface area contributed by atoms with Crippen molar-refractivity contribution in [3.63, 3.8) is 0 Å². The molecule has 0 aliphatic heterocycles. The average molecular weight is 226 g/mol. The van der Waals surface area contributed by atoms with Crippen LogP contribution in [-0.4, -0.2) is 5.78 Å². The van der Waals surface area contributed by atoms with Crippen LogP contribution in [0.3, 0.4) is 0 Å². The number of carbonyl (C=O) groups is 1. The van der Waals surface area contributed by atoms with Crippen molar-refractivity contribution in [1.29, 1.82) is 0 Å². The molecule has 0 bridgehead atoms. The first-order chi connectivity index (χ1) is 8.22. The largest absolute Gasteiger partial charge is 0.461 e. The van der Waals surface area contributed by atoms with Gasteiger partial charge in [0.2, 0.25) is 5.78 Å². The Kier molecular flexibility index (Phi) is 2.18. The smallest absolute Gasteiger partial charge is 0.201 e. The quantitative estimate of drug-likeness (QED) is 0.750. The highest BCUT2D eigenvalue weighted by molar-refractivity contribution is 5.98. The van der Waals surface area contributed by atoms with Crippen molar-refractivity contribution in [3.8, 4) is 0 Å². The number of rotatable bonds is 3. The maximum absolute atomic E-state index is 12.2. The molecule has 0 radical (unpaired) electrons. The summed E-state index contributed by atoms with van der Waals surface area (Å²) >= 11 is 0. The van der Waals surface area contributed by atoms with Gasteiger partial charge in [0, 0.05) is 11.3 Å². The van der Waals surface area contributed by atoms with Crippen LogP contribution >= 0.6 is 0 Å². The molecule has 0 saturated heterocycles. The van der Waals surface area contributed by atoms with Crippen LogP contribution in [0, 0.1) is 5.92 Å². The molecule has 3 rings (SSSR count). The molecule has 1 saturated carbocycles. The van der Waals surface area contributed by atoms with Crippen molar-refractivity contribution in [2.75, 3.05) is 0 Å². The SMILES string of the molecule is C[C@]1(c2ccccc2)C[C@@H]1C(=O)c1ccco1. The van der Waals surface area contributed by atoms with E-state index in [4.69, 9.17) is 4.42 Å². The molecule has 2 heteroatoms. The van der Waals surface area contributed by atoms with E-state index in [-0.39, 0.29) is 17.1 Å². The fourth-order valence-corrected chi connectivity index (χ4v) is 2.48. The molecule has 86 valence electrons. The van der Waals surface area contributed by atoms with Gasteiger partial charge in [0.05, 0.1) is 6.26 Å². The molecule has 2 atom stereocenters. The molecule has 1 fully saturated rings. The van der Waals surface area contributed by atoms with Gasteiger partial charge >= 0.3 is 0 Å². The standard InChI is InChI=1S/C15H14O2/c1-15(11-6-3-2-4-7-11)10-12(15)14(16)13-8-5-9-17-13/h2-9,12H,10H2,1H3/t12-,15-/m1/s1. The van der Waals surface area contributed by atoms with Crippen LogP contribution in [0.15, 0.2) is 53.1 Å². The molecule has 2 aromatic rings. The van der Waals surface area contributed by atoms with E-state index >= 15 is 0 Å². The van der Waals surface area contributed by atoms with Crippen LogP contribution in [0.1, 0.15) is 29.5 Å². The predicted octanol–water partition coefficient (Wildman–Crippen LogP) is 3.44. The summed E-state index contributed by atoms with van der Waals surface area (Å²) < 4.78 is 5.18. The molecule has 1 aromatic heterocycles. The minimum absolute atomic E-state index is 0.00880. The van der Waals surface area contributed by atoms with E-state index in [2.05, 4.69) is 19.1 Å². The molecule has 1 aromatic carbocycles. The minimum Gasteiger partial charge on any atom is -0.461 e. The van der Waals surface area contributed by atoms with Crippen molar-refractivity contribution in [1.82, 2.24) is 0 Å². The molecule has 2 nitrogen and oxygen atoms in total. The molecule has 1 heterocycles. The van der Waals surface area contributed by atoms with Crippen molar-refractivity contribution in [2.45, 2.75) is 18.8 Å². The number of carbonyl (C=O) groups excluding carboxylic acids is 1. The van der Waals surface area contributed by atoms with Crippen molar-refractivity contribution < 1.29 is 9.21 Å². The number of furan rings is 1. The Labute approximate surface area is 100 Å². The summed E-state index contributed by atoms with van der Waals surface area (Å²) in [5.41, 5.74) is 1.23. The van der Waals surface area contributed by atoms with E-state index < -0.39 is 0 Å². The lowest BCUT2D eigenvalue weighted by atomic mass is 9.94. The van der Waals surface area contributed by atoms with E-state index in [1.165, 1.54) is 5.56 Å². The predicted molar refractivity (Wildman–Crippen MR) is 64.9 cm³/mol. The zero-order chi connectivity index (χ0) is 11.9. The molecule has 0 N–H and O–H groups in total. The topological polar surface area (TPSA) is 30.2 Å². The fourth-order valence-electron chi connectivity index (χ4n) is 2.48. The van der Waals surface area contributed by atoms with Gasteiger partial charge in [-0.25, -0.2) is 0 Å². The van der Waals surface area contributed by atoms with Crippen LogP contribution in [0.4, 0.5) is 0 Å². The fraction of sp³-hybridized carbons (Fsp3) is 0.267. The molecule has 1 aliphatic carbocycles. The van der Waals surface area contributed by atoms with E-state index in [1.807, 2.05) is 18.2 Å². The summed E-state index contributed by atoms with van der Waals surface area (Å²) in [7, 11) is 0. The van der Waals surface area contributed by atoms with Gasteiger partial charge < -0.3 is 4.42 Å². The highest BCUT2D eigenvalue weighted by Crippen LogP contribution is 2.55. The minimum atomic E-state index is -0.00880. The lowest BCUT2D eigenvalue weighted by molar-refractivity contribution is 0.0931. The number of Topliss-reactive ketones (excluding diaryl/α,β-unsaturated/α-hetero) is 1. The average Bonchev–Trinajstić information content (AvgIpc) is 2.81. The van der Waals surface area contributed by atoms with Gasteiger partial charge in [-0.3, -0.25) is 4.79 Å². The Bertz CT molecular complexity index is 527. The number of hydrogen-bond donors (Lipinski definition) is 0. The Balaban J connectivity index is 1.84. The maximum atomic E-state index is 12.2. The van der Waals surface area contributed by atoms with Gasteiger partial charge in [-0.2, -0.15) is 0 Å². The molecule has 1 aliphatic rings. The zero-order valence-electron chi connectivity index (χ0n) is 9.72. The van der Waals surface area contributed by atoms with E-state index in [9.17, 15) is 4.79 Å². The first kappa shape index (κ1) is 10.3. The van der Waals surface area contributed by atoms with Crippen LogP contribution < -0.4 is 0 Å². The summed E-state index contributed by atoms with van der Waals surface area (Å²) in [6, 6.07) is 13.7. The summed E-state index contributed by atoms with van der Waals surface area (Å²) in [6.45, 7) is 2.15. The van der Waals surface area contributed by atoms with Crippen LogP contribution in [0.5, 0.6) is 0 Å². The third-order valence-corrected chi connectivity index (χ3v) is 3.75. The second-order valence-electron chi connectivity index (χ2n) is 4.88. The van der Waals surface area contributed by atoms with Gasteiger partial charge in [0.25, 0.3) is 0 Å². The third-order valence-electron chi connectivity index (χ3n) is 3.75. The van der Waals surface area contributed by atoms with Crippen LogP contribution in [0.2, 0.25) is 0 Å². The number of ketones is 1. The van der Waals surface area contributed by atoms with E-state index in [0.717, 1.165) is 6.42 Å². The normalized spacial score (nSPS) is 26.8. The van der Waals surface area contributed by atoms with Crippen LogP contribution in [-0.2, 0) is 5.41 Å².